The molecule has 182 valence electrons. The largest absolute Gasteiger partial charge is 0.490 e. The molecule has 0 aliphatic carbocycles. The zero-order valence-corrected chi connectivity index (χ0v) is 21.4. The second kappa shape index (κ2) is 9.92. The number of aryl methyl sites for hydroxylation is 1. The van der Waals surface area contributed by atoms with Gasteiger partial charge in [0.05, 0.1) is 28.5 Å². The Morgan fingerprint density at radius 1 is 1.23 bits per heavy atom. The van der Waals surface area contributed by atoms with Gasteiger partial charge in [0.2, 0.25) is 0 Å². The van der Waals surface area contributed by atoms with Gasteiger partial charge in [0.1, 0.15) is 12.4 Å². The quantitative estimate of drug-likeness (QED) is 0.375. The normalized spacial score (nSPS) is 15.6. The number of hydrogen-bond donors (Lipinski definition) is 0. The Morgan fingerprint density at radius 2 is 1.94 bits per heavy atom. The minimum absolute atomic E-state index is 0.194. The number of thiazole rings is 1. The predicted octanol–water partition coefficient (Wildman–Crippen LogP) is 3.32. The molecule has 1 aliphatic rings. The molecule has 1 unspecified atom stereocenters. The molecule has 1 atom stereocenters. The number of carbonyl (C=O) groups excluding carboxylic acids is 1. The lowest BCUT2D eigenvalue weighted by Crippen LogP contribution is -2.39. The van der Waals surface area contributed by atoms with Crippen molar-refractivity contribution in [2.75, 3.05) is 13.2 Å². The summed E-state index contributed by atoms with van der Waals surface area (Å²) in [6, 6.07) is 8.78. The average Bonchev–Trinajstić information content (AvgIpc) is 3.27. The van der Waals surface area contributed by atoms with Crippen LogP contribution in [0.15, 0.2) is 64.0 Å². The number of nitrogens with zero attached hydrogens (tertiary/aromatic N) is 3. The summed E-state index contributed by atoms with van der Waals surface area (Å²) in [5, 5.41) is 0. The van der Waals surface area contributed by atoms with E-state index >= 15 is 0 Å². The van der Waals surface area contributed by atoms with Gasteiger partial charge in [-0.05, 0) is 63.1 Å². The maximum Gasteiger partial charge on any atom is 0.338 e. The molecule has 4 rings (SSSR count). The first kappa shape index (κ1) is 24.5. The second-order valence-corrected chi connectivity index (χ2v) is 9.37. The zero-order chi connectivity index (χ0) is 25.3. The summed E-state index contributed by atoms with van der Waals surface area (Å²) in [6.07, 6.45) is 3.57. The van der Waals surface area contributed by atoms with E-state index in [4.69, 9.17) is 9.47 Å². The number of hydrogen-bond acceptors (Lipinski definition) is 6. The minimum Gasteiger partial charge on any atom is -0.490 e. The van der Waals surface area contributed by atoms with Gasteiger partial charge in [0, 0.05) is 18.4 Å². The van der Waals surface area contributed by atoms with Gasteiger partial charge in [-0.2, -0.15) is 0 Å². The minimum atomic E-state index is -0.653. The van der Waals surface area contributed by atoms with Crippen LogP contribution < -0.4 is 19.6 Å². The van der Waals surface area contributed by atoms with Crippen LogP contribution in [0.5, 0.6) is 5.75 Å². The maximum absolute atomic E-state index is 13.7. The lowest BCUT2D eigenvalue weighted by atomic mass is 9.96. The van der Waals surface area contributed by atoms with Crippen LogP contribution in [-0.4, -0.2) is 28.3 Å². The van der Waals surface area contributed by atoms with Crippen LogP contribution in [0.25, 0.3) is 6.08 Å². The van der Waals surface area contributed by atoms with E-state index in [9.17, 15) is 9.59 Å². The third kappa shape index (κ3) is 4.53. The van der Waals surface area contributed by atoms with Crippen LogP contribution in [0, 0.1) is 13.8 Å². The molecule has 0 fully saturated rings. The number of benzene rings is 1. The molecule has 0 saturated carbocycles. The fourth-order valence-electron chi connectivity index (χ4n) is 4.18. The van der Waals surface area contributed by atoms with Gasteiger partial charge in [-0.25, -0.2) is 9.79 Å². The van der Waals surface area contributed by atoms with E-state index < -0.39 is 12.0 Å². The van der Waals surface area contributed by atoms with Crippen molar-refractivity contribution in [2.45, 2.75) is 33.7 Å². The van der Waals surface area contributed by atoms with E-state index in [0.717, 1.165) is 22.5 Å². The highest BCUT2D eigenvalue weighted by Gasteiger charge is 2.33. The molecule has 0 N–H and O–H groups in total. The van der Waals surface area contributed by atoms with E-state index in [1.165, 1.54) is 11.3 Å². The highest BCUT2D eigenvalue weighted by Crippen LogP contribution is 2.31. The van der Waals surface area contributed by atoms with Crippen molar-refractivity contribution in [3.05, 3.63) is 96.5 Å². The molecule has 0 saturated heterocycles. The Labute approximate surface area is 208 Å². The Morgan fingerprint density at radius 3 is 2.54 bits per heavy atom. The highest BCUT2D eigenvalue weighted by atomic mass is 32.1. The van der Waals surface area contributed by atoms with Crippen molar-refractivity contribution in [3.63, 3.8) is 0 Å². The van der Waals surface area contributed by atoms with Gasteiger partial charge in [-0.3, -0.25) is 9.36 Å². The van der Waals surface area contributed by atoms with Crippen LogP contribution in [0.4, 0.5) is 0 Å². The Kier molecular flexibility index (Phi) is 6.93. The SMILES string of the molecule is C=CCOc1ccc(C2C(C(=O)OCC)=C(C)N=c3sc(=Cc4cc(C)n(C)c4C)c(=O)n32)cc1. The van der Waals surface area contributed by atoms with E-state index in [2.05, 4.69) is 22.2 Å². The van der Waals surface area contributed by atoms with Crippen molar-refractivity contribution in [2.24, 2.45) is 12.0 Å². The molecular formula is C27H29N3O4S. The number of ether oxygens (including phenoxy) is 2. The summed E-state index contributed by atoms with van der Waals surface area (Å²) in [7, 11) is 2.00. The summed E-state index contributed by atoms with van der Waals surface area (Å²) in [4.78, 5) is 31.9. The summed E-state index contributed by atoms with van der Waals surface area (Å²) >= 11 is 1.32. The van der Waals surface area contributed by atoms with Crippen LogP contribution in [0.1, 0.15) is 42.4 Å². The number of aromatic nitrogens is 2. The molecule has 0 spiro atoms. The molecule has 1 aromatic carbocycles. The van der Waals surface area contributed by atoms with Crippen molar-refractivity contribution in [3.8, 4) is 5.75 Å². The number of esters is 1. The van der Waals surface area contributed by atoms with E-state index in [1.807, 2.05) is 51.2 Å². The molecule has 2 aromatic heterocycles. The fraction of sp³-hybridized carbons (Fsp3) is 0.296. The Balaban J connectivity index is 1.90. The smallest absolute Gasteiger partial charge is 0.338 e. The molecular weight excluding hydrogens is 462 g/mol. The van der Waals surface area contributed by atoms with E-state index in [-0.39, 0.29) is 12.2 Å². The number of allylic oxidation sites excluding steroid dienone is 1. The third-order valence-corrected chi connectivity index (χ3v) is 7.16. The van der Waals surface area contributed by atoms with Gasteiger partial charge >= 0.3 is 5.97 Å². The average molecular weight is 492 g/mol. The van der Waals surface area contributed by atoms with Gasteiger partial charge in [-0.15, -0.1) is 0 Å². The molecule has 0 radical (unpaired) electrons. The summed E-state index contributed by atoms with van der Waals surface area (Å²) in [5.74, 6) is 0.198. The standard InChI is InChI=1S/C27H29N3O4S/c1-7-13-34-21-11-9-19(10-12-21)24-23(26(32)33-8-2)17(4)28-27-30(24)25(31)22(35-27)15-20-14-16(3)29(6)18(20)5/h7,9-12,14-15,24H,1,8,13H2,2-6H3. The highest BCUT2D eigenvalue weighted by molar-refractivity contribution is 7.07. The lowest BCUT2D eigenvalue weighted by molar-refractivity contribution is -0.139. The van der Waals surface area contributed by atoms with Crippen molar-refractivity contribution < 1.29 is 14.3 Å². The third-order valence-electron chi connectivity index (χ3n) is 6.18. The van der Waals surface area contributed by atoms with Crippen LogP contribution >= 0.6 is 11.3 Å². The van der Waals surface area contributed by atoms with Gasteiger partial charge in [0.15, 0.2) is 4.80 Å². The first-order valence-corrected chi connectivity index (χ1v) is 12.2. The monoisotopic (exact) mass is 491 g/mol. The van der Waals surface area contributed by atoms with Crippen molar-refractivity contribution >= 4 is 23.4 Å². The Hall–Kier alpha value is -3.65. The van der Waals surface area contributed by atoms with Crippen LogP contribution in [0.2, 0.25) is 0 Å². The van der Waals surface area contributed by atoms with Crippen molar-refractivity contribution in [1.82, 2.24) is 9.13 Å². The molecule has 8 heteroatoms. The topological polar surface area (TPSA) is 74.8 Å². The van der Waals surface area contributed by atoms with E-state index in [0.29, 0.717) is 33.0 Å². The van der Waals surface area contributed by atoms with Gasteiger partial charge in [0.25, 0.3) is 5.56 Å². The molecule has 1 aliphatic heterocycles. The molecule has 0 bridgehead atoms. The molecule has 35 heavy (non-hydrogen) atoms. The molecule has 0 amide bonds. The molecule has 7 nitrogen and oxygen atoms in total. The summed E-state index contributed by atoms with van der Waals surface area (Å²) < 4.78 is 15.2. The van der Waals surface area contributed by atoms with Gasteiger partial charge < -0.3 is 14.0 Å². The zero-order valence-electron chi connectivity index (χ0n) is 20.6. The molecule has 3 heterocycles. The second-order valence-electron chi connectivity index (χ2n) is 8.36. The van der Waals surface area contributed by atoms with Crippen molar-refractivity contribution in [1.29, 1.82) is 0 Å². The number of carbonyl (C=O) groups is 1. The lowest BCUT2D eigenvalue weighted by Gasteiger charge is -2.24. The first-order chi connectivity index (χ1) is 16.8. The molecule has 3 aromatic rings. The first-order valence-electron chi connectivity index (χ1n) is 11.4. The number of fused-ring (bicyclic) bond motifs is 1. The van der Waals surface area contributed by atoms with Crippen LogP contribution in [-0.2, 0) is 16.6 Å². The maximum atomic E-state index is 13.7. The van der Waals surface area contributed by atoms with Crippen LogP contribution in [0.3, 0.4) is 0 Å². The Bertz CT molecular complexity index is 1500. The summed E-state index contributed by atoms with van der Waals surface area (Å²) in [5.41, 5.74) is 4.64. The van der Waals surface area contributed by atoms with E-state index in [1.54, 1.807) is 24.5 Å². The number of rotatable bonds is 7. The fourth-order valence-corrected chi connectivity index (χ4v) is 5.22. The summed E-state index contributed by atoms with van der Waals surface area (Å²) in [6.45, 7) is 11.9. The van der Waals surface area contributed by atoms with Gasteiger partial charge in [-0.1, -0.05) is 36.1 Å². The predicted molar refractivity (Wildman–Crippen MR) is 137 cm³/mol.